The minimum absolute atomic E-state index is 0.485. The Kier molecular flexibility index (Phi) is 3.07. The lowest BCUT2D eigenvalue weighted by Gasteiger charge is -2.22. The predicted molar refractivity (Wildman–Crippen MR) is 58.9 cm³/mol. The lowest BCUT2D eigenvalue weighted by Crippen LogP contribution is -2.33. The molecule has 0 aliphatic heterocycles. The summed E-state index contributed by atoms with van der Waals surface area (Å²) in [6.45, 7) is 0.504. The fraction of sp³-hybridized carbons (Fsp3) is 0.600. The van der Waals surface area contributed by atoms with Crippen LogP contribution in [0.1, 0.15) is 25.7 Å². The molecule has 4 nitrogen and oxygen atoms in total. The minimum atomic E-state index is -0.589. The molecule has 2 N–H and O–H groups in total. The first-order valence-corrected chi connectivity index (χ1v) is 5.49. The van der Waals surface area contributed by atoms with E-state index in [1.54, 1.807) is 0 Å². The van der Waals surface area contributed by atoms with Crippen LogP contribution in [0.2, 0.25) is 5.02 Å². The average Bonchev–Trinajstić information content (AvgIpc) is 2.65. The summed E-state index contributed by atoms with van der Waals surface area (Å²) in [5, 5.41) is 13.6. The van der Waals surface area contributed by atoms with Gasteiger partial charge in [-0.3, -0.25) is 0 Å². The summed E-state index contributed by atoms with van der Waals surface area (Å²) in [6.07, 6.45) is 6.86. The summed E-state index contributed by atoms with van der Waals surface area (Å²) in [4.78, 5) is 7.80. The molecule has 1 heterocycles. The number of rotatable bonds is 3. The molecule has 0 amide bonds. The number of halogens is 1. The molecule has 0 saturated heterocycles. The summed E-state index contributed by atoms with van der Waals surface area (Å²) in [5.41, 5.74) is -0.589. The van der Waals surface area contributed by atoms with E-state index in [4.69, 9.17) is 11.6 Å². The van der Waals surface area contributed by atoms with E-state index >= 15 is 0 Å². The Morgan fingerprint density at radius 2 is 2.20 bits per heavy atom. The summed E-state index contributed by atoms with van der Waals surface area (Å²) < 4.78 is 0. The predicted octanol–water partition coefficient (Wildman–Crippen LogP) is 1.85. The zero-order chi connectivity index (χ0) is 10.7. The lowest BCUT2D eigenvalue weighted by molar-refractivity contribution is 0.0614. The molecule has 82 valence electrons. The van der Waals surface area contributed by atoms with Crippen molar-refractivity contribution in [1.29, 1.82) is 0 Å². The van der Waals surface area contributed by atoms with Gasteiger partial charge in [0.15, 0.2) is 0 Å². The highest BCUT2D eigenvalue weighted by Gasteiger charge is 2.30. The Morgan fingerprint density at radius 3 is 2.87 bits per heavy atom. The third kappa shape index (κ3) is 2.58. The van der Waals surface area contributed by atoms with Gasteiger partial charge >= 0.3 is 0 Å². The number of hydrogen-bond donors (Lipinski definition) is 2. The van der Waals surface area contributed by atoms with Crippen LogP contribution in [0, 0.1) is 0 Å². The third-order valence-electron chi connectivity index (χ3n) is 2.79. The van der Waals surface area contributed by atoms with Crippen LogP contribution in [-0.4, -0.2) is 27.2 Å². The molecule has 1 aromatic rings. The van der Waals surface area contributed by atoms with Crippen LogP contribution >= 0.6 is 11.6 Å². The van der Waals surface area contributed by atoms with Gasteiger partial charge in [0, 0.05) is 6.54 Å². The fourth-order valence-corrected chi connectivity index (χ4v) is 2.07. The van der Waals surface area contributed by atoms with E-state index in [0.717, 1.165) is 25.7 Å². The molecule has 1 aromatic heterocycles. The molecule has 1 fully saturated rings. The van der Waals surface area contributed by atoms with E-state index in [1.807, 2.05) is 0 Å². The van der Waals surface area contributed by atoms with Crippen molar-refractivity contribution >= 4 is 17.4 Å². The summed E-state index contributed by atoms with van der Waals surface area (Å²) in [7, 11) is 0. The molecule has 1 saturated carbocycles. The van der Waals surface area contributed by atoms with Crippen molar-refractivity contribution in [3.8, 4) is 0 Å². The van der Waals surface area contributed by atoms with Crippen molar-refractivity contribution in [2.24, 2.45) is 0 Å². The molecule has 0 unspecified atom stereocenters. The number of aromatic nitrogens is 2. The molecule has 0 aromatic carbocycles. The number of hydrogen-bond acceptors (Lipinski definition) is 4. The van der Waals surface area contributed by atoms with Crippen molar-refractivity contribution in [1.82, 2.24) is 9.97 Å². The van der Waals surface area contributed by atoms with Crippen LogP contribution < -0.4 is 5.32 Å². The Bertz CT molecular complexity index is 339. The first kappa shape index (κ1) is 10.6. The first-order valence-electron chi connectivity index (χ1n) is 5.11. The van der Waals surface area contributed by atoms with Crippen LogP contribution in [0.25, 0.3) is 0 Å². The maximum absolute atomic E-state index is 10.1. The number of aliphatic hydroxyl groups is 1. The Hall–Kier alpha value is -0.870. The van der Waals surface area contributed by atoms with Gasteiger partial charge < -0.3 is 10.4 Å². The zero-order valence-corrected chi connectivity index (χ0v) is 9.17. The van der Waals surface area contributed by atoms with E-state index in [-0.39, 0.29) is 0 Å². The van der Waals surface area contributed by atoms with Gasteiger partial charge in [-0.25, -0.2) is 9.97 Å². The van der Waals surface area contributed by atoms with Crippen LogP contribution in [0.4, 0.5) is 5.82 Å². The Morgan fingerprint density at radius 1 is 1.47 bits per heavy atom. The highest BCUT2D eigenvalue weighted by molar-refractivity contribution is 6.32. The highest BCUT2D eigenvalue weighted by Crippen LogP contribution is 2.30. The van der Waals surface area contributed by atoms with Crippen molar-refractivity contribution in [3.63, 3.8) is 0 Å². The van der Waals surface area contributed by atoms with Crippen LogP contribution in [0.5, 0.6) is 0 Å². The summed E-state index contributed by atoms with van der Waals surface area (Å²) in [6, 6.07) is 0. The van der Waals surface area contributed by atoms with Gasteiger partial charge in [-0.05, 0) is 12.8 Å². The fourth-order valence-electron chi connectivity index (χ4n) is 1.90. The quantitative estimate of drug-likeness (QED) is 0.828. The number of anilines is 1. The maximum atomic E-state index is 10.1. The van der Waals surface area contributed by atoms with Crippen molar-refractivity contribution < 1.29 is 5.11 Å². The van der Waals surface area contributed by atoms with Gasteiger partial charge in [0.25, 0.3) is 0 Å². The molecule has 1 aliphatic carbocycles. The van der Waals surface area contributed by atoms with E-state index in [2.05, 4.69) is 15.3 Å². The molecule has 2 rings (SSSR count). The highest BCUT2D eigenvalue weighted by atomic mass is 35.5. The molecular formula is C10H14ClN3O. The van der Waals surface area contributed by atoms with Gasteiger partial charge in [0.1, 0.15) is 17.2 Å². The monoisotopic (exact) mass is 227 g/mol. The molecule has 1 aliphatic rings. The smallest absolute Gasteiger partial charge is 0.148 e. The second-order valence-electron chi connectivity index (χ2n) is 4.00. The van der Waals surface area contributed by atoms with E-state index < -0.39 is 5.60 Å². The second kappa shape index (κ2) is 4.33. The topological polar surface area (TPSA) is 58.0 Å². The number of nitrogens with zero attached hydrogens (tertiary/aromatic N) is 2. The normalized spacial score (nSPS) is 19.1. The summed E-state index contributed by atoms with van der Waals surface area (Å²) >= 11 is 5.89. The van der Waals surface area contributed by atoms with E-state index in [0.29, 0.717) is 17.4 Å². The molecule has 0 atom stereocenters. The molecule has 0 spiro atoms. The SMILES string of the molecule is OC1(CNc2ncncc2Cl)CCCC1. The summed E-state index contributed by atoms with van der Waals surface area (Å²) in [5.74, 6) is 0.590. The van der Waals surface area contributed by atoms with Gasteiger partial charge in [0.05, 0.1) is 11.8 Å². The Balaban J connectivity index is 1.95. The minimum Gasteiger partial charge on any atom is -0.388 e. The van der Waals surface area contributed by atoms with Crippen LogP contribution in [0.3, 0.4) is 0 Å². The van der Waals surface area contributed by atoms with Crippen LogP contribution in [-0.2, 0) is 0 Å². The third-order valence-corrected chi connectivity index (χ3v) is 3.06. The zero-order valence-electron chi connectivity index (χ0n) is 8.41. The largest absolute Gasteiger partial charge is 0.388 e. The molecule has 0 radical (unpaired) electrons. The van der Waals surface area contributed by atoms with Crippen molar-refractivity contribution in [2.75, 3.05) is 11.9 Å². The van der Waals surface area contributed by atoms with Gasteiger partial charge in [-0.2, -0.15) is 0 Å². The number of nitrogens with one attached hydrogen (secondary N) is 1. The van der Waals surface area contributed by atoms with Gasteiger partial charge in [0.2, 0.25) is 0 Å². The van der Waals surface area contributed by atoms with E-state index in [1.165, 1.54) is 12.5 Å². The first-order chi connectivity index (χ1) is 7.20. The standard InChI is InChI=1S/C10H14ClN3O/c11-8-5-12-7-14-9(8)13-6-10(15)3-1-2-4-10/h5,7,15H,1-4,6H2,(H,12,13,14). The maximum Gasteiger partial charge on any atom is 0.148 e. The van der Waals surface area contributed by atoms with Crippen molar-refractivity contribution in [2.45, 2.75) is 31.3 Å². The molecule has 15 heavy (non-hydrogen) atoms. The van der Waals surface area contributed by atoms with Gasteiger partial charge in [-0.1, -0.05) is 24.4 Å². The second-order valence-corrected chi connectivity index (χ2v) is 4.41. The van der Waals surface area contributed by atoms with Crippen LogP contribution in [0.15, 0.2) is 12.5 Å². The Labute approximate surface area is 93.7 Å². The van der Waals surface area contributed by atoms with Gasteiger partial charge in [-0.15, -0.1) is 0 Å². The molecule has 5 heteroatoms. The average molecular weight is 228 g/mol. The van der Waals surface area contributed by atoms with E-state index in [9.17, 15) is 5.11 Å². The van der Waals surface area contributed by atoms with Crippen molar-refractivity contribution in [3.05, 3.63) is 17.5 Å². The molecular weight excluding hydrogens is 214 g/mol. The lowest BCUT2D eigenvalue weighted by atomic mass is 10.0. The molecule has 0 bridgehead atoms.